The molecule has 0 saturated heterocycles. The molecule has 1 amide bonds. The highest BCUT2D eigenvalue weighted by atomic mass is 32.1. The van der Waals surface area contributed by atoms with E-state index in [4.69, 9.17) is 5.73 Å². The smallest absolute Gasteiger partial charge is 0.243 e. The number of aromatic nitrogens is 2. The molecule has 15 heavy (non-hydrogen) atoms. The Balaban J connectivity index is 2.48. The van der Waals surface area contributed by atoms with Crippen LogP contribution >= 0.6 is 11.5 Å². The quantitative estimate of drug-likeness (QED) is 0.810. The minimum atomic E-state index is -0.478. The molecule has 0 aliphatic heterocycles. The Morgan fingerprint density at radius 1 is 1.60 bits per heavy atom. The average molecular weight is 228 g/mol. The minimum absolute atomic E-state index is 0.195. The van der Waals surface area contributed by atoms with Gasteiger partial charge in [-0.05, 0) is 19.3 Å². The van der Waals surface area contributed by atoms with E-state index in [0.29, 0.717) is 23.3 Å². The zero-order valence-corrected chi connectivity index (χ0v) is 9.97. The topological polar surface area (TPSA) is 80.9 Å². The van der Waals surface area contributed by atoms with Crippen molar-refractivity contribution < 1.29 is 4.79 Å². The predicted molar refractivity (Wildman–Crippen MR) is 60.7 cm³/mol. The number of rotatable bonds is 4. The van der Waals surface area contributed by atoms with Gasteiger partial charge in [-0.1, -0.05) is 13.8 Å². The average Bonchev–Trinajstić information content (AvgIpc) is 2.50. The van der Waals surface area contributed by atoms with E-state index >= 15 is 0 Å². The third-order valence-electron chi connectivity index (χ3n) is 1.82. The molecule has 0 bridgehead atoms. The predicted octanol–water partition coefficient (Wildman–Crippen LogP) is 1.16. The molecule has 6 heteroatoms. The molecular formula is C9H16N4OS. The molecule has 0 radical (unpaired) electrons. The van der Waals surface area contributed by atoms with Crippen LogP contribution in [0.4, 0.5) is 5.13 Å². The maximum Gasteiger partial charge on any atom is 0.243 e. The molecule has 1 heterocycles. The van der Waals surface area contributed by atoms with Crippen LogP contribution in [0, 0.1) is 12.8 Å². The molecule has 1 aromatic heterocycles. The summed E-state index contributed by atoms with van der Waals surface area (Å²) in [6.45, 7) is 5.84. The van der Waals surface area contributed by atoms with Crippen LogP contribution in [0.15, 0.2) is 0 Å². The Kier molecular flexibility index (Phi) is 4.16. The zero-order chi connectivity index (χ0) is 11.4. The van der Waals surface area contributed by atoms with Crippen molar-refractivity contribution >= 4 is 22.6 Å². The number of carbonyl (C=O) groups excluding carboxylic acids is 1. The van der Waals surface area contributed by atoms with Crippen LogP contribution in [0.3, 0.4) is 0 Å². The van der Waals surface area contributed by atoms with Gasteiger partial charge in [-0.2, -0.15) is 4.37 Å². The van der Waals surface area contributed by atoms with Crippen molar-refractivity contribution in [3.05, 3.63) is 5.82 Å². The van der Waals surface area contributed by atoms with Crippen molar-refractivity contribution in [1.29, 1.82) is 0 Å². The number of amides is 1. The Hall–Kier alpha value is -1.01. The van der Waals surface area contributed by atoms with Gasteiger partial charge < -0.3 is 5.73 Å². The van der Waals surface area contributed by atoms with Gasteiger partial charge in [-0.3, -0.25) is 10.1 Å². The second kappa shape index (κ2) is 5.18. The number of hydrogen-bond acceptors (Lipinski definition) is 5. The normalized spacial score (nSPS) is 12.9. The van der Waals surface area contributed by atoms with Gasteiger partial charge in [0.15, 0.2) is 0 Å². The van der Waals surface area contributed by atoms with E-state index in [2.05, 4.69) is 14.7 Å². The van der Waals surface area contributed by atoms with Gasteiger partial charge in [0.1, 0.15) is 5.82 Å². The van der Waals surface area contributed by atoms with Crippen molar-refractivity contribution in [1.82, 2.24) is 9.36 Å². The van der Waals surface area contributed by atoms with E-state index in [-0.39, 0.29) is 5.91 Å². The molecule has 0 unspecified atom stereocenters. The summed E-state index contributed by atoms with van der Waals surface area (Å²) >= 11 is 1.17. The van der Waals surface area contributed by atoms with Crippen LogP contribution in [-0.2, 0) is 4.79 Å². The lowest BCUT2D eigenvalue weighted by Crippen LogP contribution is -2.36. The van der Waals surface area contributed by atoms with Gasteiger partial charge in [0.25, 0.3) is 0 Å². The second-order valence-corrected chi connectivity index (χ2v) is 4.62. The maximum atomic E-state index is 11.6. The van der Waals surface area contributed by atoms with Gasteiger partial charge in [0.2, 0.25) is 11.0 Å². The number of aryl methyl sites for hydroxylation is 1. The van der Waals surface area contributed by atoms with Gasteiger partial charge in [0, 0.05) is 11.5 Å². The molecule has 84 valence electrons. The van der Waals surface area contributed by atoms with E-state index in [9.17, 15) is 4.79 Å². The second-order valence-electron chi connectivity index (χ2n) is 3.87. The van der Waals surface area contributed by atoms with Crippen LogP contribution in [0.1, 0.15) is 26.1 Å². The number of nitrogens with one attached hydrogen (secondary N) is 1. The fourth-order valence-electron chi connectivity index (χ4n) is 1.16. The van der Waals surface area contributed by atoms with E-state index in [1.165, 1.54) is 11.5 Å². The van der Waals surface area contributed by atoms with Gasteiger partial charge in [-0.15, -0.1) is 0 Å². The Labute approximate surface area is 93.3 Å². The third kappa shape index (κ3) is 3.93. The molecule has 0 spiro atoms. The summed E-state index contributed by atoms with van der Waals surface area (Å²) < 4.78 is 3.96. The summed E-state index contributed by atoms with van der Waals surface area (Å²) in [6, 6.07) is -0.478. The summed E-state index contributed by atoms with van der Waals surface area (Å²) in [7, 11) is 0. The van der Waals surface area contributed by atoms with Crippen molar-refractivity contribution in [2.24, 2.45) is 11.7 Å². The highest BCUT2D eigenvalue weighted by Gasteiger charge is 2.16. The van der Waals surface area contributed by atoms with Gasteiger partial charge in [0.05, 0.1) is 6.04 Å². The number of nitrogens with two attached hydrogens (primary N) is 1. The summed E-state index contributed by atoms with van der Waals surface area (Å²) in [5.74, 6) is 0.870. The third-order valence-corrected chi connectivity index (χ3v) is 2.54. The molecule has 5 nitrogen and oxygen atoms in total. The van der Waals surface area contributed by atoms with Crippen LogP contribution in [0.2, 0.25) is 0 Å². The lowest BCUT2D eigenvalue weighted by molar-refractivity contribution is -0.117. The first kappa shape index (κ1) is 12.1. The van der Waals surface area contributed by atoms with E-state index < -0.39 is 6.04 Å². The molecule has 0 saturated carbocycles. The van der Waals surface area contributed by atoms with Crippen molar-refractivity contribution in [3.8, 4) is 0 Å². The molecule has 3 N–H and O–H groups in total. The van der Waals surface area contributed by atoms with E-state index in [1.54, 1.807) is 6.92 Å². The van der Waals surface area contributed by atoms with Crippen molar-refractivity contribution in [2.75, 3.05) is 5.32 Å². The zero-order valence-electron chi connectivity index (χ0n) is 9.15. The molecule has 1 aromatic rings. The molecule has 0 aliphatic rings. The van der Waals surface area contributed by atoms with E-state index in [1.807, 2.05) is 13.8 Å². The first-order chi connectivity index (χ1) is 6.99. The van der Waals surface area contributed by atoms with Crippen LogP contribution < -0.4 is 11.1 Å². The monoisotopic (exact) mass is 228 g/mol. The lowest BCUT2D eigenvalue weighted by atomic mass is 10.0. The summed E-state index contributed by atoms with van der Waals surface area (Å²) in [5, 5.41) is 3.16. The minimum Gasteiger partial charge on any atom is -0.320 e. The van der Waals surface area contributed by atoms with Crippen LogP contribution in [0.25, 0.3) is 0 Å². The van der Waals surface area contributed by atoms with Crippen LogP contribution in [0.5, 0.6) is 0 Å². The SMILES string of the molecule is Cc1nsc(NC(=O)[C@H](N)CC(C)C)n1. The Morgan fingerprint density at radius 2 is 2.27 bits per heavy atom. The lowest BCUT2D eigenvalue weighted by Gasteiger charge is -2.12. The summed E-state index contributed by atoms with van der Waals surface area (Å²) in [5.41, 5.74) is 5.72. The van der Waals surface area contributed by atoms with Gasteiger partial charge in [-0.25, -0.2) is 4.98 Å². The molecular weight excluding hydrogens is 212 g/mol. The molecule has 0 aliphatic carbocycles. The van der Waals surface area contributed by atoms with Crippen LogP contribution in [-0.4, -0.2) is 21.3 Å². The maximum absolute atomic E-state index is 11.6. The largest absolute Gasteiger partial charge is 0.320 e. The van der Waals surface area contributed by atoms with Gasteiger partial charge >= 0.3 is 0 Å². The summed E-state index contributed by atoms with van der Waals surface area (Å²) in [6.07, 6.45) is 0.670. The van der Waals surface area contributed by atoms with Crippen molar-refractivity contribution in [3.63, 3.8) is 0 Å². The molecule has 0 fully saturated rings. The number of nitrogens with zero attached hydrogens (tertiary/aromatic N) is 2. The fourth-order valence-corrected chi connectivity index (χ4v) is 1.74. The Bertz CT molecular complexity index is 337. The van der Waals surface area contributed by atoms with E-state index in [0.717, 1.165) is 0 Å². The molecule has 1 atom stereocenters. The number of anilines is 1. The first-order valence-electron chi connectivity index (χ1n) is 4.85. The summed E-state index contributed by atoms with van der Waals surface area (Å²) in [4.78, 5) is 15.6. The standard InChI is InChI=1S/C9H16N4OS/c1-5(2)4-7(10)8(14)12-9-11-6(3)13-15-9/h5,7H,4,10H2,1-3H3,(H,11,12,13,14)/t7-/m1/s1. The fraction of sp³-hybridized carbons (Fsp3) is 0.667. The Morgan fingerprint density at radius 3 is 2.73 bits per heavy atom. The number of hydrogen-bond donors (Lipinski definition) is 2. The highest BCUT2D eigenvalue weighted by molar-refractivity contribution is 7.09. The first-order valence-corrected chi connectivity index (χ1v) is 5.63. The molecule has 0 aromatic carbocycles. The van der Waals surface area contributed by atoms with Crippen molar-refractivity contribution in [2.45, 2.75) is 33.2 Å². The highest BCUT2D eigenvalue weighted by Crippen LogP contribution is 2.11. The molecule has 1 rings (SSSR count). The number of carbonyl (C=O) groups is 1.